The average molecular weight is 281 g/mol. The fourth-order valence-corrected chi connectivity index (χ4v) is 1.67. The van der Waals surface area contributed by atoms with E-state index in [-0.39, 0.29) is 12.2 Å². The van der Waals surface area contributed by atoms with Crippen molar-refractivity contribution in [3.05, 3.63) is 33.9 Å². The molecule has 3 N–H and O–H groups in total. The van der Waals surface area contributed by atoms with E-state index in [1.54, 1.807) is 13.0 Å². The van der Waals surface area contributed by atoms with Gasteiger partial charge in [-0.2, -0.15) is 0 Å². The molecule has 0 fully saturated rings. The van der Waals surface area contributed by atoms with Crippen molar-refractivity contribution in [3.63, 3.8) is 0 Å². The van der Waals surface area contributed by atoms with E-state index in [0.29, 0.717) is 12.1 Å². The highest BCUT2D eigenvalue weighted by Gasteiger charge is 2.11. The molecule has 0 saturated heterocycles. The monoisotopic (exact) mass is 281 g/mol. The molecule has 0 aliphatic rings. The summed E-state index contributed by atoms with van der Waals surface area (Å²) in [6, 6.07) is 3.75. The van der Waals surface area contributed by atoms with Crippen LogP contribution >= 0.6 is 0 Å². The zero-order valence-electron chi connectivity index (χ0n) is 11.5. The van der Waals surface area contributed by atoms with E-state index in [1.807, 2.05) is 6.92 Å². The zero-order valence-corrected chi connectivity index (χ0v) is 11.5. The molecule has 20 heavy (non-hydrogen) atoms. The first-order valence-corrected chi connectivity index (χ1v) is 6.42. The van der Waals surface area contributed by atoms with Gasteiger partial charge in [0.25, 0.3) is 5.69 Å². The van der Waals surface area contributed by atoms with Gasteiger partial charge in [0, 0.05) is 18.7 Å². The summed E-state index contributed by atoms with van der Waals surface area (Å²) in [5.41, 5.74) is 1.01. The molecule has 0 aliphatic carbocycles. The van der Waals surface area contributed by atoms with Crippen LogP contribution in [-0.4, -0.2) is 28.7 Å². The predicted octanol–water partition coefficient (Wildman–Crippen LogP) is 2.19. The molecule has 110 valence electrons. The van der Waals surface area contributed by atoms with E-state index < -0.39 is 17.1 Å². The third-order valence-corrected chi connectivity index (χ3v) is 2.80. The molecule has 1 unspecified atom stereocenters. The van der Waals surface area contributed by atoms with E-state index in [2.05, 4.69) is 10.6 Å². The molecule has 1 atom stereocenters. The van der Waals surface area contributed by atoms with E-state index in [4.69, 9.17) is 0 Å². The van der Waals surface area contributed by atoms with Crippen molar-refractivity contribution in [2.75, 3.05) is 11.9 Å². The van der Waals surface area contributed by atoms with Gasteiger partial charge in [-0.15, -0.1) is 0 Å². The van der Waals surface area contributed by atoms with Crippen molar-refractivity contribution < 1.29 is 14.8 Å². The summed E-state index contributed by atoms with van der Waals surface area (Å²) in [5, 5.41) is 25.2. The predicted molar refractivity (Wildman–Crippen MR) is 75.8 cm³/mol. The summed E-state index contributed by atoms with van der Waals surface area (Å²) >= 11 is 0. The van der Waals surface area contributed by atoms with Gasteiger partial charge < -0.3 is 15.7 Å². The molecule has 2 amide bonds. The van der Waals surface area contributed by atoms with E-state index in [9.17, 15) is 20.0 Å². The normalized spacial score (nSPS) is 11.8. The number of carbonyl (C=O) groups is 1. The number of nitrogens with zero attached hydrogens (tertiary/aromatic N) is 1. The first-order chi connectivity index (χ1) is 9.43. The van der Waals surface area contributed by atoms with Crippen LogP contribution in [0.25, 0.3) is 0 Å². The number of nitro benzene ring substituents is 1. The highest BCUT2D eigenvalue weighted by atomic mass is 16.6. The van der Waals surface area contributed by atoms with Crippen LogP contribution in [0.5, 0.6) is 0 Å². The summed E-state index contributed by atoms with van der Waals surface area (Å²) in [6.45, 7) is 3.83. The van der Waals surface area contributed by atoms with Gasteiger partial charge >= 0.3 is 6.03 Å². The summed E-state index contributed by atoms with van der Waals surface area (Å²) in [5.74, 6) is 0. The highest BCUT2D eigenvalue weighted by Crippen LogP contribution is 2.21. The standard InChI is InChI=1S/C13H19N3O4/c1-3-4-11(17)8-14-13(18)15-12-7-10(16(19)20)6-5-9(12)2/h5-7,11,17H,3-4,8H2,1-2H3,(H2,14,15,18). The quantitative estimate of drug-likeness (QED) is 0.549. The second-order valence-corrected chi connectivity index (χ2v) is 4.53. The molecule has 7 nitrogen and oxygen atoms in total. The number of hydrogen-bond acceptors (Lipinski definition) is 4. The Morgan fingerprint density at radius 1 is 1.50 bits per heavy atom. The van der Waals surface area contributed by atoms with Gasteiger partial charge in [0.15, 0.2) is 0 Å². The van der Waals surface area contributed by atoms with Crippen LogP contribution in [0, 0.1) is 17.0 Å². The molecule has 1 rings (SSSR count). The number of amides is 2. The Morgan fingerprint density at radius 3 is 2.80 bits per heavy atom. The maximum absolute atomic E-state index is 11.7. The summed E-state index contributed by atoms with van der Waals surface area (Å²) in [6.07, 6.45) is 0.849. The van der Waals surface area contributed by atoms with Crippen molar-refractivity contribution in [3.8, 4) is 0 Å². The Hall–Kier alpha value is -2.15. The number of aryl methyl sites for hydroxylation is 1. The van der Waals surface area contributed by atoms with Gasteiger partial charge in [0.2, 0.25) is 0 Å². The van der Waals surface area contributed by atoms with Crippen molar-refractivity contribution in [1.29, 1.82) is 0 Å². The van der Waals surface area contributed by atoms with Crippen LogP contribution in [0.2, 0.25) is 0 Å². The SMILES string of the molecule is CCCC(O)CNC(=O)Nc1cc([N+](=O)[O-])ccc1C. The second-order valence-electron chi connectivity index (χ2n) is 4.53. The van der Waals surface area contributed by atoms with Crippen LogP contribution < -0.4 is 10.6 Å². The second kappa shape index (κ2) is 7.44. The smallest absolute Gasteiger partial charge is 0.319 e. The largest absolute Gasteiger partial charge is 0.391 e. The number of rotatable bonds is 6. The lowest BCUT2D eigenvalue weighted by atomic mass is 10.2. The number of carbonyl (C=O) groups excluding carboxylic acids is 1. The minimum Gasteiger partial charge on any atom is -0.391 e. The molecule has 0 aromatic heterocycles. The lowest BCUT2D eigenvalue weighted by molar-refractivity contribution is -0.384. The average Bonchev–Trinajstić information content (AvgIpc) is 2.39. The number of nitrogens with one attached hydrogen (secondary N) is 2. The molecule has 0 bridgehead atoms. The fourth-order valence-electron chi connectivity index (χ4n) is 1.67. The van der Waals surface area contributed by atoms with Gasteiger partial charge in [-0.05, 0) is 18.9 Å². The molecule has 0 heterocycles. The van der Waals surface area contributed by atoms with Gasteiger partial charge in [-0.3, -0.25) is 10.1 Å². The lowest BCUT2D eigenvalue weighted by Crippen LogP contribution is -2.35. The van der Waals surface area contributed by atoms with Crippen molar-refractivity contribution in [2.45, 2.75) is 32.8 Å². The van der Waals surface area contributed by atoms with Crippen LogP contribution in [-0.2, 0) is 0 Å². The first-order valence-electron chi connectivity index (χ1n) is 6.42. The molecule has 7 heteroatoms. The molecule has 1 aromatic rings. The molecule has 0 spiro atoms. The Bertz CT molecular complexity index is 491. The number of aliphatic hydroxyl groups is 1. The van der Waals surface area contributed by atoms with Crippen LogP contribution in [0.15, 0.2) is 18.2 Å². The minimum absolute atomic E-state index is 0.0862. The van der Waals surface area contributed by atoms with E-state index >= 15 is 0 Å². The van der Waals surface area contributed by atoms with Crippen molar-refractivity contribution in [1.82, 2.24) is 5.32 Å². The maximum Gasteiger partial charge on any atom is 0.319 e. The number of nitro groups is 1. The molecule has 0 saturated carbocycles. The number of non-ortho nitro benzene ring substituents is 1. The zero-order chi connectivity index (χ0) is 15.1. The van der Waals surface area contributed by atoms with Crippen molar-refractivity contribution in [2.24, 2.45) is 0 Å². The lowest BCUT2D eigenvalue weighted by Gasteiger charge is -2.12. The van der Waals surface area contributed by atoms with Crippen LogP contribution in [0.4, 0.5) is 16.2 Å². The van der Waals surface area contributed by atoms with Gasteiger partial charge in [-0.1, -0.05) is 19.4 Å². The molecular weight excluding hydrogens is 262 g/mol. The highest BCUT2D eigenvalue weighted by molar-refractivity contribution is 5.90. The fraction of sp³-hybridized carbons (Fsp3) is 0.462. The van der Waals surface area contributed by atoms with Gasteiger partial charge in [-0.25, -0.2) is 4.79 Å². The topological polar surface area (TPSA) is 104 Å². The Labute approximate surface area is 117 Å². The molecular formula is C13H19N3O4. The Kier molecular flexibility index (Phi) is 5.92. The Morgan fingerprint density at radius 2 is 2.20 bits per heavy atom. The number of anilines is 1. The Balaban J connectivity index is 2.61. The van der Waals surface area contributed by atoms with Crippen LogP contribution in [0.3, 0.4) is 0 Å². The van der Waals surface area contributed by atoms with Crippen LogP contribution in [0.1, 0.15) is 25.3 Å². The van der Waals surface area contributed by atoms with Gasteiger partial charge in [0.05, 0.1) is 16.7 Å². The summed E-state index contributed by atoms with van der Waals surface area (Å²) < 4.78 is 0. The molecule has 0 radical (unpaired) electrons. The molecule has 0 aliphatic heterocycles. The van der Waals surface area contributed by atoms with Crippen molar-refractivity contribution >= 4 is 17.4 Å². The molecule has 1 aromatic carbocycles. The number of aliphatic hydroxyl groups excluding tert-OH is 1. The minimum atomic E-state index is -0.586. The third-order valence-electron chi connectivity index (χ3n) is 2.80. The summed E-state index contributed by atoms with van der Waals surface area (Å²) in [4.78, 5) is 21.8. The third kappa shape index (κ3) is 4.85. The number of hydrogen-bond donors (Lipinski definition) is 3. The van der Waals surface area contributed by atoms with Gasteiger partial charge in [0.1, 0.15) is 0 Å². The maximum atomic E-state index is 11.7. The van der Waals surface area contributed by atoms with E-state index in [0.717, 1.165) is 12.0 Å². The van der Waals surface area contributed by atoms with E-state index in [1.165, 1.54) is 12.1 Å². The number of benzene rings is 1. The first kappa shape index (κ1) is 15.9. The number of urea groups is 1. The summed E-state index contributed by atoms with van der Waals surface area (Å²) in [7, 11) is 0.